The Kier molecular flexibility index (Phi) is 4.61. The Hall–Kier alpha value is -2.08. The molecular formula is C19H22ClFN4O. The Balaban J connectivity index is 1.38. The molecule has 2 amide bonds. The van der Waals surface area contributed by atoms with Crippen LogP contribution in [0.5, 0.6) is 0 Å². The average Bonchev–Trinajstić information content (AvgIpc) is 3.21. The molecule has 2 fully saturated rings. The van der Waals surface area contributed by atoms with E-state index in [-0.39, 0.29) is 23.3 Å². The first-order valence-electron chi connectivity index (χ1n) is 9.03. The summed E-state index contributed by atoms with van der Waals surface area (Å²) in [7, 11) is 0. The van der Waals surface area contributed by atoms with Crippen LogP contribution < -0.4 is 5.32 Å². The second kappa shape index (κ2) is 6.91. The molecule has 2 aliphatic rings. The SMILES string of the molecule is O=C(NCC1(c2ccc(F)cc2Cl)CC1)N1CCCC(n2ccnc2)C1. The van der Waals surface area contributed by atoms with Gasteiger partial charge in [0.1, 0.15) is 5.82 Å². The minimum absolute atomic E-state index is 0.0423. The van der Waals surface area contributed by atoms with Crippen LogP contribution in [0.1, 0.15) is 37.3 Å². The number of hydrogen-bond donors (Lipinski definition) is 1. The van der Waals surface area contributed by atoms with E-state index < -0.39 is 0 Å². The monoisotopic (exact) mass is 376 g/mol. The number of rotatable bonds is 4. The molecular weight excluding hydrogens is 355 g/mol. The molecule has 138 valence electrons. The van der Waals surface area contributed by atoms with Gasteiger partial charge in [-0.1, -0.05) is 17.7 Å². The number of benzene rings is 1. The minimum Gasteiger partial charge on any atom is -0.337 e. The van der Waals surface area contributed by atoms with Crippen LogP contribution >= 0.6 is 11.6 Å². The number of urea groups is 1. The summed E-state index contributed by atoms with van der Waals surface area (Å²) in [6, 6.07) is 4.76. The third kappa shape index (κ3) is 3.43. The number of amides is 2. The summed E-state index contributed by atoms with van der Waals surface area (Å²) >= 11 is 6.22. The van der Waals surface area contributed by atoms with Crippen LogP contribution in [0, 0.1) is 5.82 Å². The van der Waals surface area contributed by atoms with Crippen LogP contribution in [-0.4, -0.2) is 40.1 Å². The third-order valence-electron chi connectivity index (χ3n) is 5.56. The average molecular weight is 377 g/mol. The van der Waals surface area contributed by atoms with Crippen LogP contribution in [0.4, 0.5) is 9.18 Å². The molecule has 0 spiro atoms. The number of carbonyl (C=O) groups excluding carboxylic acids is 1. The first-order valence-corrected chi connectivity index (χ1v) is 9.41. The van der Waals surface area contributed by atoms with Gasteiger partial charge >= 0.3 is 6.03 Å². The Morgan fingerprint density at radius 3 is 2.96 bits per heavy atom. The highest BCUT2D eigenvalue weighted by Crippen LogP contribution is 2.50. The number of halogens is 2. The Bertz CT molecular complexity index is 791. The lowest BCUT2D eigenvalue weighted by atomic mass is 9.96. The zero-order valence-corrected chi connectivity index (χ0v) is 15.3. The van der Waals surface area contributed by atoms with Gasteiger partial charge in [-0.3, -0.25) is 0 Å². The second-order valence-corrected chi connectivity index (χ2v) is 7.72. The van der Waals surface area contributed by atoms with E-state index >= 15 is 0 Å². The minimum atomic E-state index is -0.336. The Labute approximate surface area is 157 Å². The van der Waals surface area contributed by atoms with E-state index in [1.54, 1.807) is 12.3 Å². The fourth-order valence-corrected chi connectivity index (χ4v) is 4.20. The Morgan fingerprint density at radius 1 is 1.42 bits per heavy atom. The highest BCUT2D eigenvalue weighted by molar-refractivity contribution is 6.31. The smallest absolute Gasteiger partial charge is 0.317 e. The fourth-order valence-electron chi connectivity index (χ4n) is 3.84. The Morgan fingerprint density at radius 2 is 2.27 bits per heavy atom. The predicted octanol–water partition coefficient (Wildman–Crippen LogP) is 3.75. The summed E-state index contributed by atoms with van der Waals surface area (Å²) in [5.41, 5.74) is 0.774. The lowest BCUT2D eigenvalue weighted by Crippen LogP contribution is -2.47. The molecule has 2 heterocycles. The first kappa shape index (κ1) is 17.3. The highest BCUT2D eigenvalue weighted by Gasteiger charge is 2.46. The van der Waals surface area contributed by atoms with E-state index in [4.69, 9.17) is 11.6 Å². The maximum atomic E-state index is 13.3. The molecule has 1 atom stereocenters. The number of piperidine rings is 1. The maximum absolute atomic E-state index is 13.3. The fraction of sp³-hybridized carbons (Fsp3) is 0.474. The normalized spacial score (nSPS) is 21.5. The van der Waals surface area contributed by atoms with Gasteiger partial charge in [0, 0.05) is 42.5 Å². The maximum Gasteiger partial charge on any atom is 0.317 e. The standard InChI is InChI=1S/C19H22ClFN4O/c20-17-10-14(21)3-4-16(17)19(5-6-19)12-23-18(26)24-8-1-2-15(11-24)25-9-7-22-13-25/h3-4,7,9-10,13,15H,1-2,5-6,8,11-12H2,(H,23,26). The quantitative estimate of drug-likeness (QED) is 0.883. The molecule has 1 aliphatic heterocycles. The van der Waals surface area contributed by atoms with E-state index in [9.17, 15) is 9.18 Å². The molecule has 1 aromatic heterocycles. The number of nitrogens with zero attached hydrogens (tertiary/aromatic N) is 3. The van der Waals surface area contributed by atoms with Crippen molar-refractivity contribution in [2.24, 2.45) is 0 Å². The zero-order chi connectivity index (χ0) is 18.1. The van der Waals surface area contributed by atoms with Crippen LogP contribution in [0.25, 0.3) is 0 Å². The van der Waals surface area contributed by atoms with E-state index in [0.717, 1.165) is 37.8 Å². The van der Waals surface area contributed by atoms with E-state index in [0.29, 0.717) is 18.1 Å². The predicted molar refractivity (Wildman–Crippen MR) is 97.8 cm³/mol. The molecule has 0 radical (unpaired) electrons. The molecule has 2 aromatic rings. The molecule has 1 unspecified atom stereocenters. The van der Waals surface area contributed by atoms with Crippen LogP contribution in [0.2, 0.25) is 5.02 Å². The number of likely N-dealkylation sites (tertiary alicyclic amines) is 1. The van der Waals surface area contributed by atoms with Crippen LogP contribution in [-0.2, 0) is 5.41 Å². The molecule has 1 saturated carbocycles. The number of nitrogens with one attached hydrogen (secondary N) is 1. The van der Waals surface area contributed by atoms with Gasteiger partial charge in [-0.25, -0.2) is 14.2 Å². The second-order valence-electron chi connectivity index (χ2n) is 7.32. The van der Waals surface area contributed by atoms with Crippen molar-refractivity contribution in [2.45, 2.75) is 37.1 Å². The van der Waals surface area contributed by atoms with Crippen molar-refractivity contribution in [3.63, 3.8) is 0 Å². The molecule has 1 N–H and O–H groups in total. The highest BCUT2D eigenvalue weighted by atomic mass is 35.5. The lowest BCUT2D eigenvalue weighted by Gasteiger charge is -2.33. The molecule has 1 saturated heterocycles. The van der Waals surface area contributed by atoms with Crippen molar-refractivity contribution >= 4 is 17.6 Å². The van der Waals surface area contributed by atoms with Gasteiger partial charge in [0.25, 0.3) is 0 Å². The molecule has 7 heteroatoms. The summed E-state index contributed by atoms with van der Waals surface area (Å²) in [4.78, 5) is 18.6. The largest absolute Gasteiger partial charge is 0.337 e. The first-order chi connectivity index (χ1) is 12.6. The van der Waals surface area contributed by atoms with Gasteiger partial charge in [-0.15, -0.1) is 0 Å². The molecule has 5 nitrogen and oxygen atoms in total. The van der Waals surface area contributed by atoms with Gasteiger partial charge in [0.05, 0.1) is 12.4 Å². The van der Waals surface area contributed by atoms with Crippen LogP contribution in [0.3, 0.4) is 0 Å². The van der Waals surface area contributed by atoms with E-state index in [1.165, 1.54) is 12.1 Å². The molecule has 0 bridgehead atoms. The molecule has 1 aliphatic carbocycles. The summed E-state index contributed by atoms with van der Waals surface area (Å²) in [5.74, 6) is -0.336. The van der Waals surface area contributed by atoms with Crippen molar-refractivity contribution in [1.82, 2.24) is 19.8 Å². The van der Waals surface area contributed by atoms with E-state index in [2.05, 4.69) is 14.9 Å². The van der Waals surface area contributed by atoms with Crippen molar-refractivity contribution in [2.75, 3.05) is 19.6 Å². The number of carbonyl (C=O) groups is 1. The number of hydrogen-bond acceptors (Lipinski definition) is 2. The van der Waals surface area contributed by atoms with Crippen molar-refractivity contribution in [1.29, 1.82) is 0 Å². The van der Waals surface area contributed by atoms with Crippen molar-refractivity contribution in [3.8, 4) is 0 Å². The summed E-state index contributed by atoms with van der Waals surface area (Å²) in [6.07, 6.45) is 9.46. The molecule has 26 heavy (non-hydrogen) atoms. The van der Waals surface area contributed by atoms with Gasteiger partial charge in [-0.05, 0) is 43.4 Å². The summed E-state index contributed by atoms with van der Waals surface area (Å²) in [5, 5.41) is 3.51. The van der Waals surface area contributed by atoms with Crippen LogP contribution in [0.15, 0.2) is 36.9 Å². The zero-order valence-electron chi connectivity index (χ0n) is 14.5. The van der Waals surface area contributed by atoms with E-state index in [1.807, 2.05) is 17.4 Å². The molecule has 4 rings (SSSR count). The third-order valence-corrected chi connectivity index (χ3v) is 5.88. The van der Waals surface area contributed by atoms with Crippen molar-refractivity contribution in [3.05, 3.63) is 53.3 Å². The van der Waals surface area contributed by atoms with Gasteiger partial charge in [0.2, 0.25) is 0 Å². The van der Waals surface area contributed by atoms with Crippen molar-refractivity contribution < 1.29 is 9.18 Å². The molecule has 1 aromatic carbocycles. The summed E-state index contributed by atoms with van der Waals surface area (Å²) < 4.78 is 15.4. The lowest BCUT2D eigenvalue weighted by molar-refractivity contribution is 0.166. The number of imidazole rings is 1. The van der Waals surface area contributed by atoms with Gasteiger partial charge < -0.3 is 14.8 Å². The van der Waals surface area contributed by atoms with Gasteiger partial charge in [-0.2, -0.15) is 0 Å². The topological polar surface area (TPSA) is 50.2 Å². The summed E-state index contributed by atoms with van der Waals surface area (Å²) in [6.45, 7) is 1.98. The van der Waals surface area contributed by atoms with Gasteiger partial charge in [0.15, 0.2) is 0 Å². The number of aromatic nitrogens is 2.